The fraction of sp³-hybridized carbons (Fsp3) is 0.0714. The van der Waals surface area contributed by atoms with Crippen LogP contribution in [-0.2, 0) is 6.54 Å². The highest BCUT2D eigenvalue weighted by Crippen LogP contribution is 2.24. The van der Waals surface area contributed by atoms with Gasteiger partial charge in [0.15, 0.2) is 0 Å². The highest BCUT2D eigenvalue weighted by molar-refractivity contribution is 7.18. The van der Waals surface area contributed by atoms with Crippen LogP contribution in [0.25, 0.3) is 10.2 Å². The predicted molar refractivity (Wildman–Crippen MR) is 78.4 cm³/mol. The molecule has 0 aliphatic carbocycles. The number of nitrogens with one attached hydrogen (secondary N) is 1. The summed E-state index contributed by atoms with van der Waals surface area (Å²) in [6, 6.07) is 12.1. The highest BCUT2D eigenvalue weighted by atomic mass is 35.5. The van der Waals surface area contributed by atoms with Crippen molar-refractivity contribution in [1.29, 1.82) is 0 Å². The average Bonchev–Trinajstić information content (AvgIpc) is 2.78. The molecule has 0 aliphatic rings. The zero-order valence-corrected chi connectivity index (χ0v) is 11.4. The van der Waals surface area contributed by atoms with Gasteiger partial charge in [0, 0.05) is 10.7 Å². The van der Waals surface area contributed by atoms with E-state index in [0.29, 0.717) is 11.6 Å². The number of benzene rings is 2. The first-order chi connectivity index (χ1) is 9.20. The minimum atomic E-state index is -0.231. The molecule has 1 aromatic heterocycles. The standard InChI is InChI=1S/C14H10ClFN2S/c15-9-2-1-3-11(6-9)17-8-14-18-12-5-4-10(16)7-13(12)19-14/h1-7,17H,8H2. The van der Waals surface area contributed by atoms with Gasteiger partial charge < -0.3 is 5.32 Å². The summed E-state index contributed by atoms with van der Waals surface area (Å²) in [4.78, 5) is 4.45. The van der Waals surface area contributed by atoms with Gasteiger partial charge in [-0.3, -0.25) is 0 Å². The molecule has 0 saturated heterocycles. The van der Waals surface area contributed by atoms with Crippen molar-refractivity contribution in [1.82, 2.24) is 4.98 Å². The molecule has 0 bridgehead atoms. The molecule has 0 fully saturated rings. The number of thiazole rings is 1. The highest BCUT2D eigenvalue weighted by Gasteiger charge is 2.04. The van der Waals surface area contributed by atoms with Crippen molar-refractivity contribution >= 4 is 38.8 Å². The van der Waals surface area contributed by atoms with E-state index in [4.69, 9.17) is 11.6 Å². The van der Waals surface area contributed by atoms with E-state index in [0.717, 1.165) is 20.9 Å². The molecule has 3 aromatic rings. The van der Waals surface area contributed by atoms with Crippen LogP contribution in [0.5, 0.6) is 0 Å². The summed E-state index contributed by atoms with van der Waals surface area (Å²) in [5, 5.41) is 4.86. The second-order valence-corrected chi connectivity index (χ2v) is 5.64. The molecule has 1 heterocycles. The Morgan fingerprint density at radius 3 is 2.95 bits per heavy atom. The molecule has 0 unspecified atom stereocenters. The molecule has 0 amide bonds. The molecule has 0 saturated carbocycles. The molecule has 3 rings (SSSR count). The lowest BCUT2D eigenvalue weighted by atomic mass is 10.3. The number of hydrogen-bond acceptors (Lipinski definition) is 3. The number of halogens is 2. The number of rotatable bonds is 3. The van der Waals surface area contributed by atoms with Crippen LogP contribution in [0.4, 0.5) is 10.1 Å². The lowest BCUT2D eigenvalue weighted by Gasteiger charge is -2.03. The van der Waals surface area contributed by atoms with Crippen LogP contribution < -0.4 is 5.32 Å². The largest absolute Gasteiger partial charge is 0.378 e. The molecule has 2 nitrogen and oxygen atoms in total. The Morgan fingerprint density at radius 1 is 1.21 bits per heavy atom. The molecular weight excluding hydrogens is 283 g/mol. The SMILES string of the molecule is Fc1ccc2nc(CNc3cccc(Cl)c3)sc2c1. The van der Waals surface area contributed by atoms with Gasteiger partial charge in [-0.15, -0.1) is 11.3 Å². The van der Waals surface area contributed by atoms with Crippen molar-refractivity contribution in [3.8, 4) is 0 Å². The molecular formula is C14H10ClFN2S. The molecule has 19 heavy (non-hydrogen) atoms. The zero-order chi connectivity index (χ0) is 13.2. The van der Waals surface area contributed by atoms with E-state index in [9.17, 15) is 4.39 Å². The van der Waals surface area contributed by atoms with Gasteiger partial charge >= 0.3 is 0 Å². The quantitative estimate of drug-likeness (QED) is 0.757. The number of aromatic nitrogens is 1. The van der Waals surface area contributed by atoms with E-state index in [1.54, 1.807) is 6.07 Å². The van der Waals surface area contributed by atoms with Crippen molar-refractivity contribution in [3.05, 3.63) is 58.3 Å². The maximum atomic E-state index is 13.1. The predicted octanol–water partition coefficient (Wildman–Crippen LogP) is 4.70. The van der Waals surface area contributed by atoms with E-state index in [2.05, 4.69) is 10.3 Å². The fourth-order valence-corrected chi connectivity index (χ4v) is 2.92. The van der Waals surface area contributed by atoms with Crippen LogP contribution in [0.1, 0.15) is 5.01 Å². The fourth-order valence-electron chi connectivity index (χ4n) is 1.80. The van der Waals surface area contributed by atoms with Crippen LogP contribution in [-0.4, -0.2) is 4.98 Å². The third kappa shape index (κ3) is 2.85. The van der Waals surface area contributed by atoms with Gasteiger partial charge in [0.25, 0.3) is 0 Å². The van der Waals surface area contributed by atoms with Gasteiger partial charge in [-0.25, -0.2) is 9.37 Å². The second-order valence-electron chi connectivity index (χ2n) is 4.08. The lowest BCUT2D eigenvalue weighted by molar-refractivity contribution is 0.630. The molecule has 0 aliphatic heterocycles. The topological polar surface area (TPSA) is 24.9 Å². The molecule has 2 aromatic carbocycles. The van der Waals surface area contributed by atoms with E-state index in [1.807, 2.05) is 24.3 Å². The van der Waals surface area contributed by atoms with Crippen molar-refractivity contribution < 1.29 is 4.39 Å². The van der Waals surface area contributed by atoms with E-state index < -0.39 is 0 Å². The summed E-state index contributed by atoms with van der Waals surface area (Å²) in [6.45, 7) is 0.599. The molecule has 0 spiro atoms. The van der Waals surface area contributed by atoms with Gasteiger partial charge in [0.05, 0.1) is 16.8 Å². The minimum Gasteiger partial charge on any atom is -0.378 e. The summed E-state index contributed by atoms with van der Waals surface area (Å²) in [6.07, 6.45) is 0. The monoisotopic (exact) mass is 292 g/mol. The van der Waals surface area contributed by atoms with Gasteiger partial charge in [-0.2, -0.15) is 0 Å². The Hall–Kier alpha value is -1.65. The third-order valence-corrected chi connectivity index (χ3v) is 3.92. The van der Waals surface area contributed by atoms with Crippen LogP contribution >= 0.6 is 22.9 Å². The normalized spacial score (nSPS) is 10.8. The average molecular weight is 293 g/mol. The number of fused-ring (bicyclic) bond motifs is 1. The van der Waals surface area contributed by atoms with Crippen molar-refractivity contribution in [3.63, 3.8) is 0 Å². The first-order valence-electron chi connectivity index (χ1n) is 5.75. The Balaban J connectivity index is 1.78. The van der Waals surface area contributed by atoms with Crippen LogP contribution in [0.15, 0.2) is 42.5 Å². The van der Waals surface area contributed by atoms with E-state index in [1.165, 1.54) is 23.5 Å². The Labute approximate surface area is 118 Å². The minimum absolute atomic E-state index is 0.231. The molecule has 96 valence electrons. The number of anilines is 1. The summed E-state index contributed by atoms with van der Waals surface area (Å²) in [5.74, 6) is -0.231. The number of nitrogens with zero attached hydrogens (tertiary/aromatic N) is 1. The van der Waals surface area contributed by atoms with Crippen LogP contribution in [0.3, 0.4) is 0 Å². The maximum absolute atomic E-state index is 13.1. The summed E-state index contributed by atoms with van der Waals surface area (Å²) < 4.78 is 14.0. The molecule has 1 N–H and O–H groups in total. The van der Waals surface area contributed by atoms with Crippen LogP contribution in [0, 0.1) is 5.82 Å². The van der Waals surface area contributed by atoms with Gasteiger partial charge in [0.1, 0.15) is 10.8 Å². The van der Waals surface area contributed by atoms with Crippen LogP contribution in [0.2, 0.25) is 5.02 Å². The van der Waals surface area contributed by atoms with Crippen molar-refractivity contribution in [2.45, 2.75) is 6.54 Å². The summed E-state index contributed by atoms with van der Waals surface area (Å²) in [7, 11) is 0. The Kier molecular flexibility index (Phi) is 3.36. The zero-order valence-electron chi connectivity index (χ0n) is 9.86. The van der Waals surface area contributed by atoms with Crippen molar-refractivity contribution in [2.24, 2.45) is 0 Å². The summed E-state index contributed by atoms with van der Waals surface area (Å²) in [5.41, 5.74) is 1.77. The van der Waals surface area contributed by atoms with Crippen molar-refractivity contribution in [2.75, 3.05) is 5.32 Å². The van der Waals surface area contributed by atoms with Gasteiger partial charge in [0.2, 0.25) is 0 Å². The number of hydrogen-bond donors (Lipinski definition) is 1. The Bertz CT molecular complexity index is 726. The molecule has 0 radical (unpaired) electrons. The first kappa shape index (κ1) is 12.4. The Morgan fingerprint density at radius 2 is 2.11 bits per heavy atom. The summed E-state index contributed by atoms with van der Waals surface area (Å²) >= 11 is 7.40. The molecule has 5 heteroatoms. The van der Waals surface area contributed by atoms with Gasteiger partial charge in [-0.05, 0) is 36.4 Å². The maximum Gasteiger partial charge on any atom is 0.124 e. The smallest absolute Gasteiger partial charge is 0.124 e. The molecule has 0 atom stereocenters. The second kappa shape index (κ2) is 5.15. The lowest BCUT2D eigenvalue weighted by Crippen LogP contribution is -1.98. The van der Waals surface area contributed by atoms with E-state index in [-0.39, 0.29) is 5.82 Å². The first-order valence-corrected chi connectivity index (χ1v) is 6.94. The van der Waals surface area contributed by atoms with E-state index >= 15 is 0 Å². The third-order valence-electron chi connectivity index (χ3n) is 2.66. The van der Waals surface area contributed by atoms with Gasteiger partial charge in [-0.1, -0.05) is 17.7 Å².